The van der Waals surface area contributed by atoms with Gasteiger partial charge in [0.25, 0.3) is 10.2 Å². The van der Waals surface area contributed by atoms with Crippen LogP contribution < -0.4 is 9.86 Å². The van der Waals surface area contributed by atoms with Crippen LogP contribution in [0.1, 0.15) is 5.01 Å². The summed E-state index contributed by atoms with van der Waals surface area (Å²) >= 11 is 1.57. The lowest BCUT2D eigenvalue weighted by Crippen LogP contribution is -2.21. The van der Waals surface area contributed by atoms with E-state index in [9.17, 15) is 8.42 Å². The molecule has 90 valence electrons. The second-order valence-corrected chi connectivity index (χ2v) is 5.83. The summed E-state index contributed by atoms with van der Waals surface area (Å²) < 4.78 is 23.8. The summed E-state index contributed by atoms with van der Waals surface area (Å²) in [7, 11) is -3.71. The van der Waals surface area contributed by atoms with E-state index >= 15 is 0 Å². The zero-order valence-electron chi connectivity index (χ0n) is 9.04. The zero-order chi connectivity index (χ0) is 12.5. The van der Waals surface area contributed by atoms with Gasteiger partial charge in [-0.25, -0.2) is 10.1 Å². The molecule has 0 radical (unpaired) electrons. The molecule has 0 aliphatic carbocycles. The van der Waals surface area contributed by atoms with Gasteiger partial charge >= 0.3 is 0 Å². The molecule has 5 nitrogen and oxygen atoms in total. The molecule has 2 aromatic rings. The maximum absolute atomic E-state index is 10.8. The van der Waals surface area contributed by atoms with E-state index in [1.165, 1.54) is 0 Å². The van der Waals surface area contributed by atoms with E-state index in [1.54, 1.807) is 35.6 Å². The average Bonchev–Trinajstić information content (AvgIpc) is 2.63. The van der Waals surface area contributed by atoms with Crippen LogP contribution in [0.25, 0.3) is 11.3 Å². The molecule has 0 aliphatic heterocycles. The van der Waals surface area contributed by atoms with Gasteiger partial charge in [-0.05, 0) is 19.1 Å². The van der Waals surface area contributed by atoms with Crippen LogP contribution in [-0.2, 0) is 10.2 Å². The van der Waals surface area contributed by atoms with Gasteiger partial charge in [0.1, 0.15) is 0 Å². The van der Waals surface area contributed by atoms with Crippen molar-refractivity contribution < 1.29 is 8.42 Å². The summed E-state index contributed by atoms with van der Waals surface area (Å²) in [6.45, 7) is 1.94. The molecule has 0 unspecified atom stereocenters. The first-order valence-electron chi connectivity index (χ1n) is 4.77. The van der Waals surface area contributed by atoms with Crippen LogP contribution in [0.3, 0.4) is 0 Å². The van der Waals surface area contributed by atoms with Gasteiger partial charge in [-0.3, -0.25) is 4.72 Å². The van der Waals surface area contributed by atoms with Crippen LogP contribution >= 0.6 is 11.3 Å². The molecule has 1 aromatic carbocycles. The first-order valence-corrected chi connectivity index (χ1v) is 7.20. The minimum Gasteiger partial charge on any atom is -0.271 e. The summed E-state index contributed by atoms with van der Waals surface area (Å²) in [5.41, 5.74) is 2.26. The van der Waals surface area contributed by atoms with E-state index in [2.05, 4.69) is 9.71 Å². The molecule has 3 N–H and O–H groups in total. The van der Waals surface area contributed by atoms with Crippen LogP contribution in [0.4, 0.5) is 5.69 Å². The van der Waals surface area contributed by atoms with Gasteiger partial charge in [0.2, 0.25) is 0 Å². The Hall–Kier alpha value is -1.44. The number of benzene rings is 1. The summed E-state index contributed by atoms with van der Waals surface area (Å²) in [4.78, 5) is 4.34. The number of aryl methyl sites for hydroxylation is 1. The third-order valence-corrected chi connectivity index (χ3v) is 3.35. The summed E-state index contributed by atoms with van der Waals surface area (Å²) in [5, 5.41) is 7.82. The molecule has 1 heterocycles. The van der Waals surface area contributed by atoms with E-state index in [1.807, 2.05) is 12.3 Å². The lowest BCUT2D eigenvalue weighted by molar-refractivity contribution is 0.603. The van der Waals surface area contributed by atoms with E-state index < -0.39 is 10.2 Å². The molecule has 0 spiro atoms. The topological polar surface area (TPSA) is 85.1 Å². The van der Waals surface area contributed by atoms with Gasteiger partial charge in [-0.1, -0.05) is 12.1 Å². The number of aromatic nitrogens is 1. The third-order valence-electron chi connectivity index (χ3n) is 2.06. The third kappa shape index (κ3) is 3.26. The predicted octanol–water partition coefficient (Wildman–Crippen LogP) is 1.73. The fraction of sp³-hybridized carbons (Fsp3) is 0.100. The Morgan fingerprint density at radius 2 is 1.94 bits per heavy atom. The number of nitrogens with one attached hydrogen (secondary N) is 1. The number of rotatable bonds is 3. The van der Waals surface area contributed by atoms with Crippen molar-refractivity contribution in [1.29, 1.82) is 0 Å². The predicted molar refractivity (Wildman–Crippen MR) is 69.0 cm³/mol. The van der Waals surface area contributed by atoms with Crippen molar-refractivity contribution in [3.05, 3.63) is 34.7 Å². The highest BCUT2D eigenvalue weighted by atomic mass is 32.2. The average molecular weight is 269 g/mol. The minimum atomic E-state index is -3.71. The van der Waals surface area contributed by atoms with Crippen molar-refractivity contribution in [3.8, 4) is 11.3 Å². The number of thiazole rings is 1. The largest absolute Gasteiger partial charge is 0.296 e. The van der Waals surface area contributed by atoms with Gasteiger partial charge in [-0.15, -0.1) is 11.3 Å². The van der Waals surface area contributed by atoms with Gasteiger partial charge in [0.15, 0.2) is 0 Å². The molecule has 7 heteroatoms. The maximum atomic E-state index is 10.8. The molecule has 0 saturated heterocycles. The highest BCUT2D eigenvalue weighted by Gasteiger charge is 2.04. The van der Waals surface area contributed by atoms with E-state index in [0.29, 0.717) is 5.69 Å². The van der Waals surface area contributed by atoms with Crippen molar-refractivity contribution in [1.82, 2.24) is 4.98 Å². The highest BCUT2D eigenvalue weighted by Crippen LogP contribution is 2.23. The lowest BCUT2D eigenvalue weighted by Gasteiger charge is -2.03. The molecule has 0 bridgehead atoms. The second kappa shape index (κ2) is 4.44. The Morgan fingerprint density at radius 1 is 1.29 bits per heavy atom. The molecular weight excluding hydrogens is 258 g/mol. The smallest absolute Gasteiger partial charge is 0.271 e. The van der Waals surface area contributed by atoms with E-state index in [4.69, 9.17) is 5.14 Å². The van der Waals surface area contributed by atoms with E-state index in [-0.39, 0.29) is 0 Å². The Bertz CT molecular complexity index is 617. The standard InChI is InChI=1S/C10H11N3O2S2/c1-7-12-10(6-16-7)8-2-4-9(5-3-8)13-17(11,14)15/h2-6,13H,1H3,(H2,11,14,15). The Balaban J connectivity index is 2.24. The number of hydrogen-bond acceptors (Lipinski definition) is 4. The lowest BCUT2D eigenvalue weighted by atomic mass is 10.1. The summed E-state index contributed by atoms with van der Waals surface area (Å²) in [6, 6.07) is 6.88. The van der Waals surface area contributed by atoms with E-state index in [0.717, 1.165) is 16.3 Å². The van der Waals surface area contributed by atoms with Crippen LogP contribution in [0.15, 0.2) is 29.6 Å². The normalized spacial score (nSPS) is 11.4. The maximum Gasteiger partial charge on any atom is 0.296 e. The van der Waals surface area contributed by atoms with Crippen LogP contribution in [0.5, 0.6) is 0 Å². The SMILES string of the molecule is Cc1nc(-c2ccc(NS(N)(=O)=O)cc2)cs1. The molecule has 0 aliphatic rings. The van der Waals surface area contributed by atoms with Crippen molar-refractivity contribution in [3.63, 3.8) is 0 Å². The molecule has 17 heavy (non-hydrogen) atoms. The molecule has 1 aromatic heterocycles. The first kappa shape index (κ1) is 12.0. The van der Waals surface area contributed by atoms with Crippen molar-refractivity contribution in [2.45, 2.75) is 6.92 Å². The van der Waals surface area contributed by atoms with Crippen LogP contribution in [0, 0.1) is 6.92 Å². The quantitative estimate of drug-likeness (QED) is 0.890. The first-order chi connectivity index (χ1) is 7.94. The Morgan fingerprint density at radius 3 is 2.41 bits per heavy atom. The fourth-order valence-corrected chi connectivity index (χ4v) is 2.46. The summed E-state index contributed by atoms with van der Waals surface area (Å²) in [5.74, 6) is 0. The molecule has 2 rings (SSSR count). The molecule has 0 amide bonds. The molecule has 0 atom stereocenters. The van der Waals surface area contributed by atoms with Gasteiger partial charge < -0.3 is 0 Å². The molecule has 0 fully saturated rings. The monoisotopic (exact) mass is 269 g/mol. The molecule has 0 saturated carbocycles. The molecular formula is C10H11N3O2S2. The summed E-state index contributed by atoms with van der Waals surface area (Å²) in [6.07, 6.45) is 0. The minimum absolute atomic E-state index is 0.434. The van der Waals surface area contributed by atoms with Crippen LogP contribution in [-0.4, -0.2) is 13.4 Å². The van der Waals surface area contributed by atoms with Gasteiger partial charge in [0, 0.05) is 16.6 Å². The number of nitrogens with two attached hydrogens (primary N) is 1. The number of anilines is 1. The second-order valence-electron chi connectivity index (χ2n) is 3.48. The number of nitrogens with zero attached hydrogens (tertiary/aromatic N) is 1. The van der Waals surface area contributed by atoms with Gasteiger partial charge in [-0.2, -0.15) is 8.42 Å². The van der Waals surface area contributed by atoms with Crippen molar-refractivity contribution >= 4 is 27.2 Å². The Kier molecular flexibility index (Phi) is 3.14. The fourth-order valence-electron chi connectivity index (χ4n) is 1.37. The van der Waals surface area contributed by atoms with Gasteiger partial charge in [0.05, 0.1) is 10.7 Å². The van der Waals surface area contributed by atoms with Crippen LogP contribution in [0.2, 0.25) is 0 Å². The highest BCUT2D eigenvalue weighted by molar-refractivity contribution is 7.90. The Labute approximate surface area is 103 Å². The zero-order valence-corrected chi connectivity index (χ0v) is 10.7. The van der Waals surface area contributed by atoms with Crippen molar-refractivity contribution in [2.75, 3.05) is 4.72 Å². The van der Waals surface area contributed by atoms with Crippen molar-refractivity contribution in [2.24, 2.45) is 5.14 Å². The number of hydrogen-bond donors (Lipinski definition) is 2.